The molecule has 1 aliphatic rings. The molecular formula is C17H15N3O. The molecule has 0 bridgehead atoms. The molecule has 0 aliphatic heterocycles. The van der Waals surface area contributed by atoms with Gasteiger partial charge in [0.25, 0.3) is 5.56 Å². The summed E-state index contributed by atoms with van der Waals surface area (Å²) in [6, 6.07) is 9.99. The van der Waals surface area contributed by atoms with Gasteiger partial charge in [-0.15, -0.1) is 0 Å². The third-order valence-electron chi connectivity index (χ3n) is 4.09. The summed E-state index contributed by atoms with van der Waals surface area (Å²) >= 11 is 0. The molecule has 0 saturated heterocycles. The van der Waals surface area contributed by atoms with Crippen molar-refractivity contribution >= 4 is 10.8 Å². The molecule has 0 fully saturated rings. The lowest BCUT2D eigenvalue weighted by molar-refractivity contribution is 0.657. The van der Waals surface area contributed by atoms with Gasteiger partial charge in [-0.05, 0) is 37.1 Å². The maximum absolute atomic E-state index is 12.3. The number of benzene rings is 1. The fourth-order valence-electron chi connectivity index (χ4n) is 3.02. The molecular weight excluding hydrogens is 262 g/mol. The highest BCUT2D eigenvalue weighted by atomic mass is 16.1. The van der Waals surface area contributed by atoms with Crippen molar-refractivity contribution in [2.24, 2.45) is 0 Å². The van der Waals surface area contributed by atoms with E-state index in [1.54, 1.807) is 6.20 Å². The Morgan fingerprint density at radius 2 is 1.90 bits per heavy atom. The zero-order chi connectivity index (χ0) is 14.2. The van der Waals surface area contributed by atoms with Crippen molar-refractivity contribution in [1.29, 1.82) is 0 Å². The maximum atomic E-state index is 12.3. The van der Waals surface area contributed by atoms with Crippen LogP contribution in [0.5, 0.6) is 0 Å². The van der Waals surface area contributed by atoms with Gasteiger partial charge in [0.1, 0.15) is 5.69 Å². The zero-order valence-electron chi connectivity index (χ0n) is 11.6. The number of H-pyrrole nitrogens is 1. The number of hydrogen-bond acceptors (Lipinski definition) is 3. The van der Waals surface area contributed by atoms with Crippen molar-refractivity contribution in [2.75, 3.05) is 0 Å². The Balaban J connectivity index is 1.97. The molecule has 104 valence electrons. The third kappa shape index (κ3) is 2.03. The van der Waals surface area contributed by atoms with Crippen molar-refractivity contribution in [3.63, 3.8) is 0 Å². The number of nitrogens with zero attached hydrogens (tertiary/aromatic N) is 2. The summed E-state index contributed by atoms with van der Waals surface area (Å²) < 4.78 is 0. The Hall–Kier alpha value is -2.49. The zero-order valence-corrected chi connectivity index (χ0v) is 11.6. The van der Waals surface area contributed by atoms with Crippen LogP contribution >= 0.6 is 0 Å². The minimum atomic E-state index is -0.00978. The van der Waals surface area contributed by atoms with E-state index in [4.69, 9.17) is 0 Å². The first-order chi connectivity index (χ1) is 10.3. The van der Waals surface area contributed by atoms with Gasteiger partial charge in [-0.1, -0.05) is 24.3 Å². The van der Waals surface area contributed by atoms with Crippen LogP contribution in [0.4, 0.5) is 0 Å². The quantitative estimate of drug-likeness (QED) is 0.744. The minimum Gasteiger partial charge on any atom is -0.305 e. The number of aryl methyl sites for hydroxylation is 1. The molecule has 1 aliphatic carbocycles. The van der Waals surface area contributed by atoms with Gasteiger partial charge in [0.05, 0.1) is 5.69 Å². The first kappa shape index (κ1) is 12.3. The van der Waals surface area contributed by atoms with Gasteiger partial charge in [0.15, 0.2) is 5.82 Å². The van der Waals surface area contributed by atoms with Gasteiger partial charge in [0.2, 0.25) is 0 Å². The number of aromatic nitrogens is 3. The molecule has 0 amide bonds. The number of hydrogen-bond donors (Lipinski definition) is 1. The van der Waals surface area contributed by atoms with E-state index < -0.39 is 0 Å². The van der Waals surface area contributed by atoms with Crippen LogP contribution in [0.2, 0.25) is 0 Å². The van der Waals surface area contributed by atoms with E-state index in [1.165, 1.54) is 0 Å². The molecule has 3 aromatic rings. The standard InChI is InChI=1S/C17H15N3O/c21-17-13-7-3-4-8-14(13)19-16(20-17)15-12-6-2-1-5-11(12)9-10-18-15/h1-2,5-6,9-10H,3-4,7-8H2,(H,19,20,21). The molecule has 1 aromatic carbocycles. The van der Waals surface area contributed by atoms with Crippen LogP contribution in [0.15, 0.2) is 41.3 Å². The second kappa shape index (κ2) is 4.81. The first-order valence-corrected chi connectivity index (χ1v) is 7.29. The van der Waals surface area contributed by atoms with Crippen LogP contribution in [0.3, 0.4) is 0 Å². The third-order valence-corrected chi connectivity index (χ3v) is 4.09. The Morgan fingerprint density at radius 3 is 2.86 bits per heavy atom. The Bertz CT molecular complexity index is 877. The van der Waals surface area contributed by atoms with E-state index in [-0.39, 0.29) is 5.56 Å². The van der Waals surface area contributed by atoms with Gasteiger partial charge in [0, 0.05) is 17.1 Å². The Morgan fingerprint density at radius 1 is 1.05 bits per heavy atom. The van der Waals surface area contributed by atoms with Gasteiger partial charge >= 0.3 is 0 Å². The van der Waals surface area contributed by atoms with Crippen molar-refractivity contribution in [3.05, 3.63) is 58.1 Å². The second-order valence-electron chi connectivity index (χ2n) is 5.43. The summed E-state index contributed by atoms with van der Waals surface area (Å²) in [5.74, 6) is 0.581. The Kier molecular flexibility index (Phi) is 2.81. The van der Waals surface area contributed by atoms with Crippen molar-refractivity contribution in [2.45, 2.75) is 25.7 Å². The smallest absolute Gasteiger partial charge is 0.254 e. The Labute approximate surface area is 121 Å². The van der Waals surface area contributed by atoms with E-state index >= 15 is 0 Å². The highest BCUT2D eigenvalue weighted by Gasteiger charge is 2.17. The lowest BCUT2D eigenvalue weighted by Crippen LogP contribution is -2.21. The summed E-state index contributed by atoms with van der Waals surface area (Å²) in [7, 11) is 0. The predicted octanol–water partition coefficient (Wildman–Crippen LogP) is 2.86. The van der Waals surface area contributed by atoms with Crippen LogP contribution in [-0.4, -0.2) is 15.0 Å². The van der Waals surface area contributed by atoms with Crippen molar-refractivity contribution < 1.29 is 0 Å². The first-order valence-electron chi connectivity index (χ1n) is 7.29. The summed E-state index contributed by atoms with van der Waals surface area (Å²) in [4.78, 5) is 24.3. The minimum absolute atomic E-state index is 0.00978. The molecule has 0 atom stereocenters. The fraction of sp³-hybridized carbons (Fsp3) is 0.235. The summed E-state index contributed by atoms with van der Waals surface area (Å²) in [5, 5.41) is 2.11. The molecule has 2 aromatic heterocycles. The molecule has 1 N–H and O–H groups in total. The molecule has 0 spiro atoms. The second-order valence-corrected chi connectivity index (χ2v) is 5.43. The highest BCUT2D eigenvalue weighted by Crippen LogP contribution is 2.24. The van der Waals surface area contributed by atoms with E-state index in [2.05, 4.69) is 15.0 Å². The van der Waals surface area contributed by atoms with Crippen molar-refractivity contribution in [3.8, 4) is 11.5 Å². The van der Waals surface area contributed by atoms with Gasteiger partial charge < -0.3 is 4.98 Å². The molecule has 4 heteroatoms. The molecule has 4 rings (SSSR count). The van der Waals surface area contributed by atoms with Gasteiger partial charge in [-0.3, -0.25) is 9.78 Å². The average molecular weight is 277 g/mol. The van der Waals surface area contributed by atoms with Crippen LogP contribution < -0.4 is 5.56 Å². The maximum Gasteiger partial charge on any atom is 0.254 e. The molecule has 0 radical (unpaired) electrons. The normalized spacial score (nSPS) is 14.1. The van der Waals surface area contributed by atoms with Gasteiger partial charge in [-0.25, -0.2) is 4.98 Å². The molecule has 21 heavy (non-hydrogen) atoms. The van der Waals surface area contributed by atoms with Crippen LogP contribution in [-0.2, 0) is 12.8 Å². The summed E-state index contributed by atoms with van der Waals surface area (Å²) in [5.41, 5.74) is 2.53. The monoisotopic (exact) mass is 277 g/mol. The van der Waals surface area contributed by atoms with Crippen LogP contribution in [0.1, 0.15) is 24.1 Å². The largest absolute Gasteiger partial charge is 0.305 e. The van der Waals surface area contributed by atoms with E-state index in [1.807, 2.05) is 30.3 Å². The van der Waals surface area contributed by atoms with E-state index in [0.29, 0.717) is 5.82 Å². The lowest BCUT2D eigenvalue weighted by Gasteiger charge is -2.14. The predicted molar refractivity (Wildman–Crippen MR) is 82.2 cm³/mol. The number of pyridine rings is 1. The summed E-state index contributed by atoms with van der Waals surface area (Å²) in [6.45, 7) is 0. The summed E-state index contributed by atoms with van der Waals surface area (Å²) in [6.07, 6.45) is 5.66. The number of fused-ring (bicyclic) bond motifs is 2. The van der Waals surface area contributed by atoms with Crippen molar-refractivity contribution in [1.82, 2.24) is 15.0 Å². The van der Waals surface area contributed by atoms with Gasteiger partial charge in [-0.2, -0.15) is 0 Å². The number of aromatic amines is 1. The topological polar surface area (TPSA) is 58.6 Å². The van der Waals surface area contributed by atoms with E-state index in [9.17, 15) is 4.79 Å². The molecule has 0 saturated carbocycles. The van der Waals surface area contributed by atoms with Crippen LogP contribution in [0, 0.1) is 0 Å². The fourth-order valence-corrected chi connectivity index (χ4v) is 3.02. The van der Waals surface area contributed by atoms with Crippen LogP contribution in [0.25, 0.3) is 22.3 Å². The number of nitrogens with one attached hydrogen (secondary N) is 1. The average Bonchev–Trinajstić information content (AvgIpc) is 2.54. The molecule has 4 nitrogen and oxygen atoms in total. The van der Waals surface area contributed by atoms with E-state index in [0.717, 1.165) is 53.4 Å². The lowest BCUT2D eigenvalue weighted by atomic mass is 9.97. The highest BCUT2D eigenvalue weighted by molar-refractivity contribution is 5.92. The molecule has 0 unspecified atom stereocenters. The molecule has 2 heterocycles. The SMILES string of the molecule is O=c1[nH]c(-c2nccc3ccccc23)nc2c1CCCC2. The number of rotatable bonds is 1.